The number of anilines is 3. The van der Waals surface area contributed by atoms with E-state index in [9.17, 15) is 9.59 Å². The van der Waals surface area contributed by atoms with Crippen LogP contribution in [0.3, 0.4) is 0 Å². The molecule has 1 amide bonds. The molecule has 0 spiro atoms. The van der Waals surface area contributed by atoms with Crippen molar-refractivity contribution >= 4 is 45.9 Å². The van der Waals surface area contributed by atoms with Crippen LogP contribution in [-0.4, -0.2) is 71.7 Å². The number of benzene rings is 1. The van der Waals surface area contributed by atoms with E-state index >= 15 is 0 Å². The average molecular weight is 568 g/mol. The summed E-state index contributed by atoms with van der Waals surface area (Å²) in [6.45, 7) is 5.38. The molecule has 11 heteroatoms. The van der Waals surface area contributed by atoms with E-state index in [4.69, 9.17) is 21.3 Å². The topological polar surface area (TPSA) is 105 Å². The fourth-order valence-electron chi connectivity index (χ4n) is 5.55. The number of ether oxygens (including phenoxy) is 1. The van der Waals surface area contributed by atoms with Crippen molar-refractivity contribution in [2.24, 2.45) is 13.0 Å². The third-order valence-corrected chi connectivity index (χ3v) is 8.30. The van der Waals surface area contributed by atoms with Crippen LogP contribution in [-0.2, 0) is 11.8 Å². The number of likely N-dealkylation sites (N-methyl/N-ethyl adjacent to an activating group) is 1. The fourth-order valence-corrected chi connectivity index (χ4v) is 5.69. The molecule has 0 aliphatic carbocycles. The van der Waals surface area contributed by atoms with Crippen molar-refractivity contribution in [2.45, 2.75) is 38.5 Å². The van der Waals surface area contributed by atoms with Gasteiger partial charge in [0.2, 0.25) is 5.95 Å². The monoisotopic (exact) mass is 567 g/mol. The van der Waals surface area contributed by atoms with Crippen LogP contribution in [0.5, 0.6) is 5.75 Å². The standard InChI is InChI=1S/C29H38ClN7O3/c1-31-26(38)19-40-25-17-21-16-22(6-7-24(21)35(2)28(25)39)33-27-23(30)18-32-29(34-27)37-14-9-20(10-15-37)8-13-36-11-4-3-5-12-36/h6-7,16-18,20H,3-5,8-15,19H2,1-2H3,(H,31,38)(H,32,33,34). The lowest BCUT2D eigenvalue weighted by Crippen LogP contribution is -2.37. The maximum atomic E-state index is 12.7. The summed E-state index contributed by atoms with van der Waals surface area (Å²) in [5.74, 6) is 1.75. The van der Waals surface area contributed by atoms with Crippen molar-refractivity contribution in [2.75, 3.05) is 56.6 Å². The minimum Gasteiger partial charge on any atom is -0.478 e. The average Bonchev–Trinajstić information content (AvgIpc) is 2.99. The largest absolute Gasteiger partial charge is 0.478 e. The molecule has 0 radical (unpaired) electrons. The zero-order chi connectivity index (χ0) is 28.1. The number of amides is 1. The third kappa shape index (κ3) is 6.67. The molecule has 2 N–H and O–H groups in total. The zero-order valence-electron chi connectivity index (χ0n) is 23.3. The van der Waals surface area contributed by atoms with Gasteiger partial charge in [0, 0.05) is 38.3 Å². The maximum absolute atomic E-state index is 12.7. The molecule has 4 heterocycles. The van der Waals surface area contributed by atoms with E-state index in [1.165, 1.54) is 56.9 Å². The van der Waals surface area contributed by atoms with E-state index in [1.54, 1.807) is 19.3 Å². The number of hydrogen-bond donors (Lipinski definition) is 2. The Hall–Kier alpha value is -3.37. The van der Waals surface area contributed by atoms with Crippen molar-refractivity contribution in [3.63, 3.8) is 0 Å². The number of likely N-dealkylation sites (tertiary alicyclic amines) is 1. The summed E-state index contributed by atoms with van der Waals surface area (Å²) < 4.78 is 6.98. The smallest absolute Gasteiger partial charge is 0.293 e. The number of hydrogen-bond acceptors (Lipinski definition) is 8. The van der Waals surface area contributed by atoms with Gasteiger partial charge in [-0.2, -0.15) is 4.98 Å². The van der Waals surface area contributed by atoms with Gasteiger partial charge in [0.25, 0.3) is 11.5 Å². The maximum Gasteiger partial charge on any atom is 0.293 e. The third-order valence-electron chi connectivity index (χ3n) is 8.02. The molecule has 2 saturated heterocycles. The first kappa shape index (κ1) is 28.2. The van der Waals surface area contributed by atoms with Gasteiger partial charge in [0.05, 0.1) is 11.7 Å². The summed E-state index contributed by atoms with van der Waals surface area (Å²) >= 11 is 6.48. The molecule has 2 aromatic heterocycles. The van der Waals surface area contributed by atoms with Gasteiger partial charge in [-0.25, -0.2) is 4.98 Å². The second-order valence-electron chi connectivity index (χ2n) is 10.7. The van der Waals surface area contributed by atoms with Crippen LogP contribution in [0.25, 0.3) is 10.9 Å². The van der Waals surface area contributed by atoms with Gasteiger partial charge in [-0.05, 0) is 81.9 Å². The molecule has 2 fully saturated rings. The van der Waals surface area contributed by atoms with E-state index in [0.29, 0.717) is 16.8 Å². The van der Waals surface area contributed by atoms with Gasteiger partial charge in [0.1, 0.15) is 5.02 Å². The molecule has 10 nitrogen and oxygen atoms in total. The van der Waals surface area contributed by atoms with Crippen molar-refractivity contribution in [3.05, 3.63) is 45.8 Å². The van der Waals surface area contributed by atoms with E-state index in [-0.39, 0.29) is 23.8 Å². The molecule has 3 aromatic rings. The Bertz CT molecular complexity index is 1400. The van der Waals surface area contributed by atoms with Crippen LogP contribution < -0.4 is 25.8 Å². The minimum absolute atomic E-state index is 0.109. The number of pyridine rings is 1. The van der Waals surface area contributed by atoms with Gasteiger partial charge in [0.15, 0.2) is 18.2 Å². The van der Waals surface area contributed by atoms with Crippen molar-refractivity contribution in [1.82, 2.24) is 24.8 Å². The summed E-state index contributed by atoms with van der Waals surface area (Å²) in [7, 11) is 3.19. The molecule has 0 atom stereocenters. The Morgan fingerprint density at radius 2 is 1.90 bits per heavy atom. The molecule has 1 aromatic carbocycles. The SMILES string of the molecule is CNC(=O)COc1cc2cc(Nc3nc(N4CCC(CCN5CCCCC5)CC4)ncc3Cl)ccc2n(C)c1=O. The predicted octanol–water partition coefficient (Wildman–Crippen LogP) is 3.94. The van der Waals surface area contributed by atoms with Gasteiger partial charge in [-0.1, -0.05) is 18.0 Å². The number of aromatic nitrogens is 3. The Labute approximate surface area is 239 Å². The summed E-state index contributed by atoms with van der Waals surface area (Å²) in [6, 6.07) is 7.27. The lowest BCUT2D eigenvalue weighted by Gasteiger charge is -2.34. The lowest BCUT2D eigenvalue weighted by atomic mass is 9.93. The quantitative estimate of drug-likeness (QED) is 0.401. The van der Waals surface area contributed by atoms with Crippen LogP contribution in [0.4, 0.5) is 17.5 Å². The van der Waals surface area contributed by atoms with Crippen LogP contribution in [0.15, 0.2) is 35.3 Å². The first-order valence-corrected chi connectivity index (χ1v) is 14.5. The predicted molar refractivity (Wildman–Crippen MR) is 159 cm³/mol. The second-order valence-corrected chi connectivity index (χ2v) is 11.1. The molecule has 214 valence electrons. The van der Waals surface area contributed by atoms with Gasteiger partial charge < -0.3 is 29.7 Å². The number of nitrogens with zero attached hydrogens (tertiary/aromatic N) is 5. The zero-order valence-corrected chi connectivity index (χ0v) is 24.0. The summed E-state index contributed by atoms with van der Waals surface area (Å²) in [6.07, 6.45) is 9.28. The number of piperidine rings is 2. The number of halogens is 1. The minimum atomic E-state index is -0.312. The first-order chi connectivity index (χ1) is 19.4. The van der Waals surface area contributed by atoms with Crippen molar-refractivity contribution < 1.29 is 9.53 Å². The first-order valence-electron chi connectivity index (χ1n) is 14.2. The molecule has 2 aliphatic rings. The highest BCUT2D eigenvalue weighted by molar-refractivity contribution is 6.32. The number of carbonyl (C=O) groups excluding carboxylic acids is 1. The van der Waals surface area contributed by atoms with Crippen LogP contribution in [0, 0.1) is 5.92 Å². The normalized spacial score (nSPS) is 16.7. The Morgan fingerprint density at radius 1 is 1.12 bits per heavy atom. The fraction of sp³-hybridized carbons (Fsp3) is 0.517. The van der Waals surface area contributed by atoms with E-state index < -0.39 is 0 Å². The molecule has 0 unspecified atom stereocenters. The number of nitrogens with one attached hydrogen (secondary N) is 2. The van der Waals surface area contributed by atoms with Gasteiger partial charge in [-0.15, -0.1) is 0 Å². The molecular weight excluding hydrogens is 530 g/mol. The number of fused-ring (bicyclic) bond motifs is 1. The van der Waals surface area contributed by atoms with Gasteiger partial charge in [-0.3, -0.25) is 9.59 Å². The molecule has 40 heavy (non-hydrogen) atoms. The number of rotatable bonds is 9. The number of carbonyl (C=O) groups is 1. The van der Waals surface area contributed by atoms with Crippen molar-refractivity contribution in [1.29, 1.82) is 0 Å². The molecule has 0 bridgehead atoms. The Balaban J connectivity index is 1.25. The summed E-state index contributed by atoms with van der Waals surface area (Å²) in [5.41, 5.74) is 1.18. The lowest BCUT2D eigenvalue weighted by molar-refractivity contribution is -0.122. The highest BCUT2D eigenvalue weighted by Crippen LogP contribution is 2.29. The van der Waals surface area contributed by atoms with E-state index in [0.717, 1.165) is 48.4 Å². The van der Waals surface area contributed by atoms with Gasteiger partial charge >= 0.3 is 0 Å². The summed E-state index contributed by atoms with van der Waals surface area (Å²) in [4.78, 5) is 38.4. The second kappa shape index (κ2) is 12.9. The van der Waals surface area contributed by atoms with Crippen LogP contribution in [0.2, 0.25) is 5.02 Å². The van der Waals surface area contributed by atoms with Crippen molar-refractivity contribution in [3.8, 4) is 5.75 Å². The highest BCUT2D eigenvalue weighted by Gasteiger charge is 2.23. The number of aryl methyl sites for hydroxylation is 1. The van der Waals surface area contributed by atoms with E-state index in [2.05, 4.69) is 25.4 Å². The van der Waals surface area contributed by atoms with Crippen LogP contribution >= 0.6 is 11.6 Å². The Morgan fingerprint density at radius 3 is 2.65 bits per heavy atom. The Kier molecular flexibility index (Phi) is 9.06. The molecular formula is C29H38ClN7O3. The van der Waals surface area contributed by atoms with Crippen LogP contribution in [0.1, 0.15) is 38.5 Å². The summed E-state index contributed by atoms with van der Waals surface area (Å²) in [5, 5.41) is 7.00. The molecule has 5 rings (SSSR count). The highest BCUT2D eigenvalue weighted by atomic mass is 35.5. The van der Waals surface area contributed by atoms with E-state index in [1.807, 2.05) is 18.2 Å². The molecule has 0 saturated carbocycles. The molecule has 2 aliphatic heterocycles.